The van der Waals surface area contributed by atoms with Gasteiger partial charge in [0.1, 0.15) is 0 Å². The molecule has 1 amide bonds. The molecule has 140 valence electrons. The van der Waals surface area contributed by atoms with Crippen molar-refractivity contribution in [2.45, 2.75) is 25.9 Å². The molecule has 0 saturated heterocycles. The Morgan fingerprint density at radius 1 is 1.08 bits per heavy atom. The highest BCUT2D eigenvalue weighted by Gasteiger charge is 2.21. The van der Waals surface area contributed by atoms with Crippen LogP contribution in [-0.2, 0) is 21.4 Å². The van der Waals surface area contributed by atoms with Crippen LogP contribution in [0.25, 0.3) is 0 Å². The summed E-state index contributed by atoms with van der Waals surface area (Å²) in [6.45, 7) is 2.63. The highest BCUT2D eigenvalue weighted by atomic mass is 32.2. The van der Waals surface area contributed by atoms with E-state index < -0.39 is 10.0 Å². The van der Waals surface area contributed by atoms with E-state index in [0.717, 1.165) is 11.8 Å². The van der Waals surface area contributed by atoms with Gasteiger partial charge in [0.15, 0.2) is 0 Å². The first-order valence-corrected chi connectivity index (χ1v) is 10.3. The van der Waals surface area contributed by atoms with E-state index in [4.69, 9.17) is 0 Å². The lowest BCUT2D eigenvalue weighted by atomic mass is 10.1. The lowest BCUT2D eigenvalue weighted by Gasteiger charge is -2.26. The summed E-state index contributed by atoms with van der Waals surface area (Å²) in [4.78, 5) is 14.7. The van der Waals surface area contributed by atoms with E-state index in [1.165, 1.54) is 0 Å². The molecule has 26 heavy (non-hydrogen) atoms. The van der Waals surface area contributed by atoms with Crippen molar-refractivity contribution in [3.8, 4) is 0 Å². The standard InChI is InChI=1S/C19H25N3O3S/c1-4-18(22(2)14-15-9-6-5-7-10-15)19(23)20-16-11-8-12-17(13-16)21-26(3,24)25/h5-13,18,21H,4,14H2,1-3H3,(H,20,23)/t18-/m0/s1. The van der Waals surface area contributed by atoms with Crippen molar-refractivity contribution in [3.05, 3.63) is 60.2 Å². The summed E-state index contributed by atoms with van der Waals surface area (Å²) < 4.78 is 25.1. The molecule has 2 rings (SSSR count). The van der Waals surface area contributed by atoms with Gasteiger partial charge in [-0.3, -0.25) is 14.4 Å². The molecule has 0 unspecified atom stereocenters. The van der Waals surface area contributed by atoms with E-state index in [1.807, 2.05) is 49.2 Å². The minimum absolute atomic E-state index is 0.123. The fourth-order valence-corrected chi connectivity index (χ4v) is 3.33. The zero-order valence-electron chi connectivity index (χ0n) is 15.3. The molecule has 0 aromatic heterocycles. The third-order valence-electron chi connectivity index (χ3n) is 3.93. The molecule has 0 spiro atoms. The summed E-state index contributed by atoms with van der Waals surface area (Å²) in [5.41, 5.74) is 2.10. The van der Waals surface area contributed by atoms with Crippen LogP contribution in [-0.4, -0.2) is 38.6 Å². The minimum Gasteiger partial charge on any atom is -0.325 e. The minimum atomic E-state index is -3.36. The van der Waals surface area contributed by atoms with Crippen molar-refractivity contribution in [2.75, 3.05) is 23.3 Å². The Balaban J connectivity index is 2.05. The summed E-state index contributed by atoms with van der Waals surface area (Å²) in [5, 5.41) is 2.87. The van der Waals surface area contributed by atoms with Gasteiger partial charge >= 0.3 is 0 Å². The fourth-order valence-electron chi connectivity index (χ4n) is 2.78. The van der Waals surface area contributed by atoms with Crippen LogP contribution in [0.3, 0.4) is 0 Å². The first-order valence-electron chi connectivity index (χ1n) is 8.41. The van der Waals surface area contributed by atoms with Gasteiger partial charge in [-0.25, -0.2) is 8.42 Å². The van der Waals surface area contributed by atoms with Crippen molar-refractivity contribution in [3.63, 3.8) is 0 Å². The number of carbonyl (C=O) groups is 1. The van der Waals surface area contributed by atoms with Crippen molar-refractivity contribution < 1.29 is 13.2 Å². The maximum Gasteiger partial charge on any atom is 0.241 e. The lowest BCUT2D eigenvalue weighted by molar-refractivity contribution is -0.121. The quantitative estimate of drug-likeness (QED) is 0.744. The molecule has 0 aliphatic rings. The zero-order valence-corrected chi connectivity index (χ0v) is 16.1. The molecule has 1 atom stereocenters. The SMILES string of the molecule is CC[C@@H](C(=O)Nc1cccc(NS(C)(=O)=O)c1)N(C)Cc1ccccc1. The Bertz CT molecular complexity index is 838. The Labute approximate surface area is 155 Å². The van der Waals surface area contributed by atoms with Crippen molar-refractivity contribution in [1.82, 2.24) is 4.90 Å². The summed E-state index contributed by atoms with van der Waals surface area (Å²) >= 11 is 0. The molecule has 0 radical (unpaired) electrons. The fraction of sp³-hybridized carbons (Fsp3) is 0.316. The summed E-state index contributed by atoms with van der Waals surface area (Å²) in [7, 11) is -1.44. The number of anilines is 2. The maximum absolute atomic E-state index is 12.7. The van der Waals surface area contributed by atoms with Gasteiger partial charge in [0.25, 0.3) is 0 Å². The number of nitrogens with zero attached hydrogens (tertiary/aromatic N) is 1. The van der Waals surface area contributed by atoms with Gasteiger partial charge in [0.05, 0.1) is 18.0 Å². The van der Waals surface area contributed by atoms with Gasteiger partial charge in [-0.15, -0.1) is 0 Å². The highest BCUT2D eigenvalue weighted by Crippen LogP contribution is 2.17. The zero-order chi connectivity index (χ0) is 19.2. The number of likely N-dealkylation sites (N-methyl/N-ethyl adjacent to an activating group) is 1. The lowest BCUT2D eigenvalue weighted by Crippen LogP contribution is -2.41. The molecule has 0 bridgehead atoms. The molecule has 2 aromatic rings. The van der Waals surface area contributed by atoms with E-state index >= 15 is 0 Å². The number of amides is 1. The molecule has 0 heterocycles. The van der Waals surface area contributed by atoms with Crippen LogP contribution < -0.4 is 10.0 Å². The Hall–Kier alpha value is -2.38. The third kappa shape index (κ3) is 6.16. The van der Waals surface area contributed by atoms with Gasteiger partial charge in [-0.05, 0) is 37.2 Å². The number of hydrogen-bond acceptors (Lipinski definition) is 4. The Kier molecular flexibility index (Phi) is 6.76. The number of hydrogen-bond donors (Lipinski definition) is 2. The van der Waals surface area contributed by atoms with E-state index in [0.29, 0.717) is 24.3 Å². The molecule has 6 nitrogen and oxygen atoms in total. The molecule has 7 heteroatoms. The second kappa shape index (κ2) is 8.82. The van der Waals surface area contributed by atoms with E-state index in [9.17, 15) is 13.2 Å². The molecule has 0 saturated carbocycles. The summed E-state index contributed by atoms with van der Waals surface area (Å²) in [6, 6.07) is 16.3. The van der Waals surface area contributed by atoms with Gasteiger partial charge in [0.2, 0.25) is 15.9 Å². The van der Waals surface area contributed by atoms with Crippen LogP contribution in [0.1, 0.15) is 18.9 Å². The average Bonchev–Trinajstić information content (AvgIpc) is 2.55. The van der Waals surface area contributed by atoms with Crippen LogP contribution >= 0.6 is 0 Å². The Morgan fingerprint density at radius 3 is 2.35 bits per heavy atom. The first-order chi connectivity index (χ1) is 12.3. The largest absolute Gasteiger partial charge is 0.325 e. The number of rotatable bonds is 8. The van der Waals surface area contributed by atoms with Crippen molar-refractivity contribution in [1.29, 1.82) is 0 Å². The molecule has 0 fully saturated rings. The third-order valence-corrected chi connectivity index (χ3v) is 4.54. The summed E-state index contributed by atoms with van der Waals surface area (Å²) in [6.07, 6.45) is 1.75. The van der Waals surface area contributed by atoms with Gasteiger partial charge in [0, 0.05) is 12.2 Å². The Morgan fingerprint density at radius 2 is 1.73 bits per heavy atom. The molecule has 2 N–H and O–H groups in total. The van der Waals surface area contributed by atoms with Crippen LogP contribution in [0.15, 0.2) is 54.6 Å². The first kappa shape index (κ1) is 19.9. The second-order valence-electron chi connectivity index (χ2n) is 6.27. The smallest absolute Gasteiger partial charge is 0.241 e. The predicted molar refractivity (Wildman–Crippen MR) is 106 cm³/mol. The average molecular weight is 375 g/mol. The summed E-state index contributed by atoms with van der Waals surface area (Å²) in [5.74, 6) is -0.123. The maximum atomic E-state index is 12.7. The van der Waals surface area contributed by atoms with E-state index in [2.05, 4.69) is 10.0 Å². The van der Waals surface area contributed by atoms with Gasteiger partial charge < -0.3 is 5.32 Å². The number of nitrogens with one attached hydrogen (secondary N) is 2. The van der Waals surface area contributed by atoms with E-state index in [-0.39, 0.29) is 11.9 Å². The van der Waals surface area contributed by atoms with Crippen LogP contribution in [0.5, 0.6) is 0 Å². The molecular weight excluding hydrogens is 350 g/mol. The second-order valence-corrected chi connectivity index (χ2v) is 8.02. The molecular formula is C19H25N3O3S. The molecule has 2 aromatic carbocycles. The number of sulfonamides is 1. The van der Waals surface area contributed by atoms with Crippen LogP contribution in [0.4, 0.5) is 11.4 Å². The predicted octanol–water partition coefficient (Wildman–Crippen LogP) is 2.91. The van der Waals surface area contributed by atoms with Crippen LogP contribution in [0, 0.1) is 0 Å². The van der Waals surface area contributed by atoms with Gasteiger partial charge in [-0.1, -0.05) is 43.3 Å². The van der Waals surface area contributed by atoms with Crippen molar-refractivity contribution in [2.24, 2.45) is 0 Å². The molecule has 0 aliphatic carbocycles. The molecule has 0 aliphatic heterocycles. The number of carbonyl (C=O) groups excluding carboxylic acids is 1. The van der Waals surface area contributed by atoms with Gasteiger partial charge in [-0.2, -0.15) is 0 Å². The van der Waals surface area contributed by atoms with Crippen LogP contribution in [0.2, 0.25) is 0 Å². The topological polar surface area (TPSA) is 78.5 Å². The monoisotopic (exact) mass is 375 g/mol. The highest BCUT2D eigenvalue weighted by molar-refractivity contribution is 7.92. The van der Waals surface area contributed by atoms with E-state index in [1.54, 1.807) is 24.3 Å². The van der Waals surface area contributed by atoms with Crippen molar-refractivity contribution >= 4 is 27.3 Å². The normalized spacial score (nSPS) is 12.6. The number of benzene rings is 2.